The van der Waals surface area contributed by atoms with E-state index in [1.165, 1.54) is 13.2 Å². The van der Waals surface area contributed by atoms with Gasteiger partial charge >= 0.3 is 0 Å². The van der Waals surface area contributed by atoms with Gasteiger partial charge in [0.15, 0.2) is 14.6 Å². The second kappa shape index (κ2) is 7.72. The van der Waals surface area contributed by atoms with Crippen molar-refractivity contribution < 1.29 is 18.3 Å². The molecule has 3 nitrogen and oxygen atoms in total. The van der Waals surface area contributed by atoms with Gasteiger partial charge in [0.25, 0.3) is 0 Å². The molecule has 2 aromatic rings. The molecule has 0 radical (unpaired) electrons. The number of hydrogen-bond donors (Lipinski definition) is 0. The van der Waals surface area contributed by atoms with Gasteiger partial charge in [0, 0.05) is 11.1 Å². The van der Waals surface area contributed by atoms with E-state index in [0.29, 0.717) is 29.0 Å². The highest BCUT2D eigenvalue weighted by atomic mass is 28.4. The Labute approximate surface area is 156 Å². The van der Waals surface area contributed by atoms with Gasteiger partial charge in [0.05, 0.1) is 13.7 Å². The molecule has 2 rings (SSSR count). The SMILES string of the molecule is COc1ccc(F)c(-c2ccc(CO[Si](C)(C)C(C)(C)C)cc2C=O)c1. The highest BCUT2D eigenvalue weighted by molar-refractivity contribution is 6.74. The molecule has 140 valence electrons. The Hall–Kier alpha value is -1.98. The predicted octanol–water partition coefficient (Wildman–Crippen LogP) is 5.84. The van der Waals surface area contributed by atoms with Gasteiger partial charge in [-0.2, -0.15) is 0 Å². The Morgan fingerprint density at radius 3 is 2.35 bits per heavy atom. The fraction of sp³-hybridized carbons (Fsp3) is 0.381. The topological polar surface area (TPSA) is 35.5 Å². The van der Waals surface area contributed by atoms with Crippen molar-refractivity contribution in [2.45, 2.75) is 45.5 Å². The third kappa shape index (κ3) is 4.40. The maximum Gasteiger partial charge on any atom is 0.192 e. The summed E-state index contributed by atoms with van der Waals surface area (Å²) >= 11 is 0. The molecule has 0 saturated heterocycles. The van der Waals surface area contributed by atoms with Crippen LogP contribution in [0.25, 0.3) is 11.1 Å². The number of carbonyl (C=O) groups is 1. The molecule has 26 heavy (non-hydrogen) atoms. The third-order valence-corrected chi connectivity index (χ3v) is 9.59. The molecule has 0 aliphatic heterocycles. The Kier molecular flexibility index (Phi) is 6.04. The molecule has 2 aromatic carbocycles. The minimum Gasteiger partial charge on any atom is -0.497 e. The van der Waals surface area contributed by atoms with Crippen molar-refractivity contribution in [1.82, 2.24) is 0 Å². The maximum absolute atomic E-state index is 14.3. The summed E-state index contributed by atoms with van der Waals surface area (Å²) in [5.41, 5.74) is 2.24. The number of rotatable bonds is 6. The van der Waals surface area contributed by atoms with E-state index in [9.17, 15) is 9.18 Å². The Balaban J connectivity index is 2.33. The van der Waals surface area contributed by atoms with Crippen molar-refractivity contribution in [3.8, 4) is 16.9 Å². The summed E-state index contributed by atoms with van der Waals surface area (Å²) in [5, 5.41) is 0.115. The van der Waals surface area contributed by atoms with Crippen LogP contribution in [0.5, 0.6) is 5.75 Å². The van der Waals surface area contributed by atoms with E-state index in [1.54, 1.807) is 24.3 Å². The van der Waals surface area contributed by atoms with Crippen LogP contribution >= 0.6 is 0 Å². The summed E-state index contributed by atoms with van der Waals surface area (Å²) in [6.07, 6.45) is 0.754. The summed E-state index contributed by atoms with van der Waals surface area (Å²) in [5.74, 6) is 0.155. The van der Waals surface area contributed by atoms with Crippen molar-refractivity contribution in [2.24, 2.45) is 0 Å². The predicted molar refractivity (Wildman–Crippen MR) is 106 cm³/mol. The number of benzene rings is 2. The Bertz CT molecular complexity index is 794. The molecule has 0 spiro atoms. The lowest BCUT2D eigenvalue weighted by molar-refractivity contribution is 0.112. The molecule has 0 heterocycles. The van der Waals surface area contributed by atoms with Crippen LogP contribution in [0, 0.1) is 5.82 Å². The lowest BCUT2D eigenvalue weighted by Crippen LogP contribution is -2.40. The molecule has 0 bridgehead atoms. The van der Waals surface area contributed by atoms with Crippen molar-refractivity contribution in [2.75, 3.05) is 7.11 Å². The van der Waals surface area contributed by atoms with Gasteiger partial charge in [-0.3, -0.25) is 4.79 Å². The zero-order valence-electron chi connectivity index (χ0n) is 16.4. The second-order valence-corrected chi connectivity index (χ2v) is 12.7. The molecular formula is C21H27FO3Si. The van der Waals surface area contributed by atoms with E-state index in [1.807, 2.05) is 6.07 Å². The minimum atomic E-state index is -1.88. The fourth-order valence-corrected chi connectivity index (χ4v) is 3.32. The van der Waals surface area contributed by atoms with E-state index in [4.69, 9.17) is 9.16 Å². The number of hydrogen-bond acceptors (Lipinski definition) is 3. The summed E-state index contributed by atoms with van der Waals surface area (Å²) < 4.78 is 25.6. The molecule has 0 unspecified atom stereocenters. The van der Waals surface area contributed by atoms with Gasteiger partial charge in [0.1, 0.15) is 11.6 Å². The van der Waals surface area contributed by atoms with Crippen LogP contribution in [0.2, 0.25) is 18.1 Å². The summed E-state index contributed by atoms with van der Waals surface area (Å²) in [7, 11) is -0.352. The van der Waals surface area contributed by atoms with E-state index < -0.39 is 8.32 Å². The van der Waals surface area contributed by atoms with Crippen molar-refractivity contribution >= 4 is 14.6 Å². The molecule has 0 atom stereocenters. The quantitative estimate of drug-likeness (QED) is 0.471. The van der Waals surface area contributed by atoms with Gasteiger partial charge in [0.2, 0.25) is 0 Å². The van der Waals surface area contributed by atoms with E-state index in [0.717, 1.165) is 11.8 Å². The summed E-state index contributed by atoms with van der Waals surface area (Å²) in [4.78, 5) is 11.6. The van der Waals surface area contributed by atoms with Crippen molar-refractivity contribution in [3.05, 3.63) is 53.3 Å². The lowest BCUT2D eigenvalue weighted by Gasteiger charge is -2.36. The van der Waals surface area contributed by atoms with Gasteiger partial charge in [-0.25, -0.2) is 4.39 Å². The first-order valence-corrected chi connectivity index (χ1v) is 11.6. The molecule has 0 fully saturated rings. The van der Waals surface area contributed by atoms with Crippen LogP contribution < -0.4 is 4.74 Å². The molecule has 0 saturated carbocycles. The van der Waals surface area contributed by atoms with Crippen LogP contribution in [0.1, 0.15) is 36.7 Å². The smallest absolute Gasteiger partial charge is 0.192 e. The van der Waals surface area contributed by atoms with Gasteiger partial charge in [-0.1, -0.05) is 32.9 Å². The Morgan fingerprint density at radius 2 is 1.77 bits per heavy atom. The first-order chi connectivity index (χ1) is 12.1. The number of carbonyl (C=O) groups excluding carboxylic acids is 1. The normalized spacial score (nSPS) is 12.1. The molecule has 5 heteroatoms. The first kappa shape index (κ1) is 20.3. The lowest BCUT2D eigenvalue weighted by atomic mass is 9.97. The third-order valence-electron chi connectivity index (χ3n) is 5.11. The van der Waals surface area contributed by atoms with Crippen LogP contribution in [0.3, 0.4) is 0 Å². The molecule has 0 amide bonds. The van der Waals surface area contributed by atoms with E-state index in [2.05, 4.69) is 33.9 Å². The summed E-state index contributed by atoms with van der Waals surface area (Å²) in [6.45, 7) is 11.4. The summed E-state index contributed by atoms with van der Waals surface area (Å²) in [6, 6.07) is 9.93. The fourth-order valence-electron chi connectivity index (χ4n) is 2.36. The van der Waals surface area contributed by atoms with Gasteiger partial charge < -0.3 is 9.16 Å². The number of methoxy groups -OCH3 is 1. The van der Waals surface area contributed by atoms with Crippen LogP contribution in [0.4, 0.5) is 4.39 Å². The Morgan fingerprint density at radius 1 is 1.08 bits per heavy atom. The zero-order valence-corrected chi connectivity index (χ0v) is 17.4. The largest absolute Gasteiger partial charge is 0.497 e. The van der Waals surface area contributed by atoms with Crippen LogP contribution in [-0.2, 0) is 11.0 Å². The monoisotopic (exact) mass is 374 g/mol. The molecule has 0 aliphatic rings. The van der Waals surface area contributed by atoms with E-state index >= 15 is 0 Å². The number of ether oxygens (including phenoxy) is 1. The molecule has 0 aromatic heterocycles. The maximum atomic E-state index is 14.3. The molecule has 0 aliphatic carbocycles. The highest BCUT2D eigenvalue weighted by Crippen LogP contribution is 2.37. The second-order valence-electron chi connectivity index (χ2n) is 7.93. The molecule has 0 N–H and O–H groups in total. The van der Waals surface area contributed by atoms with Crippen molar-refractivity contribution in [3.63, 3.8) is 0 Å². The minimum absolute atomic E-state index is 0.115. The number of aldehydes is 1. The van der Waals surface area contributed by atoms with E-state index in [-0.39, 0.29) is 10.9 Å². The van der Waals surface area contributed by atoms with Gasteiger partial charge in [-0.15, -0.1) is 0 Å². The van der Waals surface area contributed by atoms with Gasteiger partial charge in [-0.05, 0) is 53.5 Å². The highest BCUT2D eigenvalue weighted by Gasteiger charge is 2.37. The van der Waals surface area contributed by atoms with Crippen LogP contribution in [0.15, 0.2) is 36.4 Å². The average Bonchev–Trinajstić information content (AvgIpc) is 2.59. The zero-order chi connectivity index (χ0) is 19.5. The average molecular weight is 375 g/mol. The van der Waals surface area contributed by atoms with Crippen LogP contribution in [-0.4, -0.2) is 21.7 Å². The molecular weight excluding hydrogens is 347 g/mol. The number of halogens is 1. The standard InChI is InChI=1S/C21H27FO3Si/c1-21(2,3)26(5,6)25-14-15-7-9-18(16(11-15)13-23)19-12-17(24-4)8-10-20(19)22/h7-13H,14H2,1-6H3. The van der Waals surface area contributed by atoms with Crippen molar-refractivity contribution in [1.29, 1.82) is 0 Å². The first-order valence-electron chi connectivity index (χ1n) is 8.65.